The Bertz CT molecular complexity index is 52.2. The largest absolute Gasteiger partial charge is 0.400 e. The molecule has 0 amide bonds. The van der Waals surface area contributed by atoms with E-state index in [1.165, 1.54) is 25.7 Å². The molecule has 0 atom stereocenters. The highest BCUT2D eigenvalue weighted by Crippen LogP contribution is 1.95. The zero-order chi connectivity index (χ0) is 13.7. The molecule has 4 nitrogen and oxygen atoms in total. The molecule has 104 valence electrons. The molecule has 5 N–H and O–H groups in total. The van der Waals surface area contributed by atoms with Crippen LogP contribution in [0.4, 0.5) is 0 Å². The quantitative estimate of drug-likeness (QED) is 0.548. The van der Waals surface area contributed by atoms with Crippen molar-refractivity contribution in [2.75, 3.05) is 26.9 Å². The van der Waals surface area contributed by atoms with E-state index in [2.05, 4.69) is 13.8 Å². The summed E-state index contributed by atoms with van der Waals surface area (Å²) in [6.45, 7) is 7.19. The second-order valence-electron chi connectivity index (χ2n) is 2.94. The average molecular weight is 239 g/mol. The van der Waals surface area contributed by atoms with E-state index in [9.17, 15) is 0 Å². The molecular formula is C12H33NO3. The van der Waals surface area contributed by atoms with E-state index in [1.54, 1.807) is 0 Å². The van der Waals surface area contributed by atoms with Gasteiger partial charge in [-0.3, -0.25) is 0 Å². The maximum absolute atomic E-state index is 7.88. The Hall–Kier alpha value is -0.160. The van der Waals surface area contributed by atoms with Crippen molar-refractivity contribution in [3.8, 4) is 0 Å². The van der Waals surface area contributed by atoms with Gasteiger partial charge in [-0.05, 0) is 6.42 Å². The normalized spacial score (nSPS) is 7.50. The Kier molecular flexibility index (Phi) is 71.9. The van der Waals surface area contributed by atoms with Gasteiger partial charge in [-0.15, -0.1) is 0 Å². The summed E-state index contributed by atoms with van der Waals surface area (Å²) in [5.74, 6) is 0. The summed E-state index contributed by atoms with van der Waals surface area (Å²) in [6, 6.07) is 0. The van der Waals surface area contributed by atoms with Crippen molar-refractivity contribution < 1.29 is 15.3 Å². The van der Waals surface area contributed by atoms with Gasteiger partial charge >= 0.3 is 0 Å². The molecule has 0 bridgehead atoms. The van der Waals surface area contributed by atoms with Crippen molar-refractivity contribution in [2.24, 2.45) is 5.73 Å². The van der Waals surface area contributed by atoms with Gasteiger partial charge in [0.15, 0.2) is 0 Å². The van der Waals surface area contributed by atoms with Crippen molar-refractivity contribution >= 4 is 0 Å². The van der Waals surface area contributed by atoms with Crippen LogP contribution in [0.15, 0.2) is 0 Å². The van der Waals surface area contributed by atoms with Gasteiger partial charge in [0.1, 0.15) is 0 Å². The third-order valence-corrected chi connectivity index (χ3v) is 1.31. The molecule has 4 heteroatoms. The number of rotatable bonds is 5. The van der Waals surface area contributed by atoms with Gasteiger partial charge < -0.3 is 21.1 Å². The molecule has 0 saturated heterocycles. The van der Waals surface area contributed by atoms with Crippen LogP contribution in [0.1, 0.15) is 52.9 Å². The molecule has 0 spiro atoms. The maximum atomic E-state index is 7.88. The van der Waals surface area contributed by atoms with Crippen LogP contribution in [-0.4, -0.2) is 42.2 Å². The van der Waals surface area contributed by atoms with Crippen molar-refractivity contribution in [1.82, 2.24) is 0 Å². The monoisotopic (exact) mass is 239 g/mol. The molecule has 0 unspecified atom stereocenters. The van der Waals surface area contributed by atoms with Crippen molar-refractivity contribution in [3.63, 3.8) is 0 Å². The molecule has 0 aromatic heterocycles. The standard InChI is InChI=1S/C6H14.C3H8O.C2H7NO.CH4O/c1-3-5-6-4-2;1-2-3-4;3-1-2-4;1-2/h3-6H2,1-2H3;4H,2-3H2,1H3;4H,1-3H2;2H,1H3. The molecule has 0 aliphatic carbocycles. The summed E-state index contributed by atoms with van der Waals surface area (Å²) < 4.78 is 0. The highest BCUT2D eigenvalue weighted by atomic mass is 16.3. The smallest absolute Gasteiger partial charge is 0.0553 e. The van der Waals surface area contributed by atoms with Crippen LogP contribution in [0.2, 0.25) is 0 Å². The zero-order valence-electron chi connectivity index (χ0n) is 11.6. The zero-order valence-corrected chi connectivity index (χ0v) is 11.6. The molecule has 16 heavy (non-hydrogen) atoms. The Morgan fingerprint density at radius 3 is 1.06 bits per heavy atom. The minimum absolute atomic E-state index is 0.0972. The lowest BCUT2D eigenvalue weighted by atomic mass is 10.2. The molecule has 0 aromatic rings. The van der Waals surface area contributed by atoms with Gasteiger partial charge in [0.2, 0.25) is 0 Å². The summed E-state index contributed by atoms with van der Waals surface area (Å²) >= 11 is 0. The first-order valence-corrected chi connectivity index (χ1v) is 6.11. The third-order valence-electron chi connectivity index (χ3n) is 1.31. The van der Waals surface area contributed by atoms with Crippen LogP contribution in [-0.2, 0) is 0 Å². The van der Waals surface area contributed by atoms with Crippen LogP contribution >= 0.6 is 0 Å². The Morgan fingerprint density at radius 1 is 0.750 bits per heavy atom. The van der Waals surface area contributed by atoms with E-state index >= 15 is 0 Å². The van der Waals surface area contributed by atoms with Gasteiger partial charge in [0, 0.05) is 20.3 Å². The fraction of sp³-hybridized carbons (Fsp3) is 1.00. The lowest BCUT2D eigenvalue weighted by Gasteiger charge is -1.86. The Morgan fingerprint density at radius 2 is 1.00 bits per heavy atom. The lowest BCUT2D eigenvalue weighted by Crippen LogP contribution is -2.02. The summed E-state index contributed by atoms with van der Waals surface area (Å²) in [7, 11) is 1.00. The van der Waals surface area contributed by atoms with Gasteiger partial charge in [0.05, 0.1) is 6.61 Å². The van der Waals surface area contributed by atoms with Crippen molar-refractivity contribution in [2.45, 2.75) is 52.9 Å². The second-order valence-corrected chi connectivity index (χ2v) is 2.94. The van der Waals surface area contributed by atoms with Crippen LogP contribution < -0.4 is 5.73 Å². The summed E-state index contributed by atoms with van der Waals surface area (Å²) in [5.41, 5.74) is 4.78. The average Bonchev–Trinajstić information content (AvgIpc) is 2.39. The minimum Gasteiger partial charge on any atom is -0.400 e. The van der Waals surface area contributed by atoms with Gasteiger partial charge in [-0.2, -0.15) is 0 Å². The van der Waals surface area contributed by atoms with E-state index in [-0.39, 0.29) is 6.61 Å². The number of nitrogens with two attached hydrogens (primary N) is 1. The predicted molar refractivity (Wildman–Crippen MR) is 71.5 cm³/mol. The molecule has 0 aliphatic heterocycles. The first-order chi connectivity index (χ1) is 7.74. The molecule has 0 aliphatic rings. The van der Waals surface area contributed by atoms with E-state index in [4.69, 9.17) is 21.1 Å². The highest BCUT2D eigenvalue weighted by Gasteiger charge is 1.75. The van der Waals surface area contributed by atoms with Crippen molar-refractivity contribution in [3.05, 3.63) is 0 Å². The fourth-order valence-corrected chi connectivity index (χ4v) is 0.500. The minimum atomic E-state index is 0.0972. The molecule has 0 heterocycles. The topological polar surface area (TPSA) is 86.7 Å². The van der Waals surface area contributed by atoms with Crippen molar-refractivity contribution in [1.29, 1.82) is 0 Å². The SMILES string of the molecule is CCCCCC.CCCO.CO.NCCO. The highest BCUT2D eigenvalue weighted by molar-refractivity contribution is 4.31. The number of aliphatic hydroxyl groups excluding tert-OH is 3. The van der Waals surface area contributed by atoms with Gasteiger partial charge in [0.25, 0.3) is 0 Å². The maximum Gasteiger partial charge on any atom is 0.0553 e. The fourth-order valence-electron chi connectivity index (χ4n) is 0.500. The predicted octanol–water partition coefficient (Wildman–Crippen LogP) is 1.52. The van der Waals surface area contributed by atoms with Crippen LogP contribution in [0, 0.1) is 0 Å². The summed E-state index contributed by atoms with van der Waals surface area (Å²) in [4.78, 5) is 0. The van der Waals surface area contributed by atoms with Crippen LogP contribution in [0.3, 0.4) is 0 Å². The first kappa shape index (κ1) is 24.9. The van der Waals surface area contributed by atoms with E-state index in [1.807, 2.05) is 6.92 Å². The molecule has 0 fully saturated rings. The van der Waals surface area contributed by atoms with Gasteiger partial charge in [-0.25, -0.2) is 0 Å². The molecular weight excluding hydrogens is 206 g/mol. The molecule has 0 saturated carbocycles. The molecule has 0 rings (SSSR count). The lowest BCUT2D eigenvalue weighted by molar-refractivity contribution is 0.295. The third kappa shape index (κ3) is 97.4. The van der Waals surface area contributed by atoms with E-state index in [0.717, 1.165) is 13.5 Å². The second kappa shape index (κ2) is 46.2. The van der Waals surface area contributed by atoms with Crippen LogP contribution in [0.25, 0.3) is 0 Å². The summed E-state index contributed by atoms with van der Waals surface area (Å²) in [6.07, 6.45) is 6.41. The summed E-state index contributed by atoms with van der Waals surface area (Å²) in [5, 5.41) is 22.6. The van der Waals surface area contributed by atoms with Crippen LogP contribution in [0.5, 0.6) is 0 Å². The Balaban J connectivity index is -0.0000000643. The number of hydrogen-bond acceptors (Lipinski definition) is 4. The van der Waals surface area contributed by atoms with E-state index < -0.39 is 0 Å². The Labute approximate surface area is 101 Å². The molecule has 0 radical (unpaired) electrons. The number of unbranched alkanes of at least 4 members (excludes halogenated alkanes) is 3. The number of aliphatic hydroxyl groups is 3. The molecule has 0 aromatic carbocycles. The van der Waals surface area contributed by atoms with Gasteiger partial charge in [-0.1, -0.05) is 46.5 Å². The first-order valence-electron chi connectivity index (χ1n) is 6.11. The number of hydrogen-bond donors (Lipinski definition) is 4. The van der Waals surface area contributed by atoms with E-state index in [0.29, 0.717) is 13.2 Å².